The zero-order valence-corrected chi connectivity index (χ0v) is 11.1. The number of H-pyrrole nitrogens is 1. The molecule has 3 heterocycles. The first-order valence-electron chi connectivity index (χ1n) is 5.51. The van der Waals surface area contributed by atoms with E-state index in [0.29, 0.717) is 17.1 Å². The molecule has 0 aliphatic heterocycles. The minimum Gasteiger partial charge on any atom is -0.308 e. The standard InChI is InChI=1S/C12H11N3OS2/c16-12-11-9(2-4-18-11)14-10(15-12)6-13-5-8-1-3-17-7-8/h1-4,7,13H,5-6H2,(H,14,15,16). The van der Waals surface area contributed by atoms with Crippen LogP contribution in [0.5, 0.6) is 0 Å². The number of aromatic nitrogens is 2. The van der Waals surface area contributed by atoms with E-state index in [1.165, 1.54) is 16.9 Å². The van der Waals surface area contributed by atoms with E-state index in [1.807, 2.05) is 11.4 Å². The van der Waals surface area contributed by atoms with Gasteiger partial charge in [0.05, 0.1) is 12.1 Å². The van der Waals surface area contributed by atoms with Crippen LogP contribution in [0.15, 0.2) is 33.1 Å². The van der Waals surface area contributed by atoms with Gasteiger partial charge in [-0.2, -0.15) is 11.3 Å². The summed E-state index contributed by atoms with van der Waals surface area (Å²) in [5.74, 6) is 0.682. The van der Waals surface area contributed by atoms with E-state index in [4.69, 9.17) is 0 Å². The normalized spacial score (nSPS) is 11.1. The van der Waals surface area contributed by atoms with Gasteiger partial charge in [0.2, 0.25) is 0 Å². The summed E-state index contributed by atoms with van der Waals surface area (Å²) in [6, 6.07) is 3.95. The van der Waals surface area contributed by atoms with Crippen molar-refractivity contribution >= 4 is 32.9 Å². The molecule has 6 heteroatoms. The first kappa shape index (κ1) is 11.6. The van der Waals surface area contributed by atoms with Crippen molar-refractivity contribution in [2.45, 2.75) is 13.1 Å². The Labute approximate surface area is 111 Å². The third kappa shape index (κ3) is 2.35. The van der Waals surface area contributed by atoms with Gasteiger partial charge in [-0.25, -0.2) is 4.98 Å². The van der Waals surface area contributed by atoms with Gasteiger partial charge in [-0.1, -0.05) is 0 Å². The van der Waals surface area contributed by atoms with Gasteiger partial charge in [-0.05, 0) is 33.8 Å². The van der Waals surface area contributed by atoms with Crippen molar-refractivity contribution in [3.05, 3.63) is 50.0 Å². The fourth-order valence-corrected chi connectivity index (χ4v) is 3.12. The molecule has 4 nitrogen and oxygen atoms in total. The average molecular weight is 277 g/mol. The smallest absolute Gasteiger partial charge is 0.268 e. The van der Waals surface area contributed by atoms with Crippen LogP contribution in [0.1, 0.15) is 11.4 Å². The Hall–Kier alpha value is -1.50. The number of nitrogens with zero attached hydrogens (tertiary/aromatic N) is 1. The number of hydrogen-bond donors (Lipinski definition) is 2. The second-order valence-corrected chi connectivity index (χ2v) is 5.58. The number of nitrogens with one attached hydrogen (secondary N) is 2. The van der Waals surface area contributed by atoms with Crippen LogP contribution in [0.25, 0.3) is 10.2 Å². The SMILES string of the molecule is O=c1[nH]c(CNCc2ccsc2)nc2ccsc12. The number of fused-ring (bicyclic) bond motifs is 1. The number of hydrogen-bond acceptors (Lipinski definition) is 5. The van der Waals surface area contributed by atoms with Crippen molar-refractivity contribution in [3.63, 3.8) is 0 Å². The maximum Gasteiger partial charge on any atom is 0.268 e. The Morgan fingerprint density at radius 3 is 3.06 bits per heavy atom. The number of aromatic amines is 1. The highest BCUT2D eigenvalue weighted by molar-refractivity contribution is 7.17. The minimum atomic E-state index is -0.0534. The lowest BCUT2D eigenvalue weighted by Gasteiger charge is -2.02. The Morgan fingerprint density at radius 2 is 2.22 bits per heavy atom. The van der Waals surface area contributed by atoms with Gasteiger partial charge in [-0.15, -0.1) is 11.3 Å². The van der Waals surface area contributed by atoms with E-state index in [0.717, 1.165) is 12.1 Å². The number of rotatable bonds is 4. The third-order valence-corrected chi connectivity index (χ3v) is 4.20. The van der Waals surface area contributed by atoms with Gasteiger partial charge in [0.1, 0.15) is 10.5 Å². The Balaban J connectivity index is 1.72. The fraction of sp³-hybridized carbons (Fsp3) is 0.167. The summed E-state index contributed by atoms with van der Waals surface area (Å²) < 4.78 is 0.691. The van der Waals surface area contributed by atoms with Crippen molar-refractivity contribution in [3.8, 4) is 0 Å². The summed E-state index contributed by atoms with van der Waals surface area (Å²) in [5, 5.41) is 9.30. The quantitative estimate of drug-likeness (QED) is 0.769. The highest BCUT2D eigenvalue weighted by atomic mass is 32.1. The van der Waals surface area contributed by atoms with Gasteiger partial charge >= 0.3 is 0 Å². The van der Waals surface area contributed by atoms with E-state index in [-0.39, 0.29) is 5.56 Å². The fourth-order valence-electron chi connectivity index (χ4n) is 1.72. The van der Waals surface area contributed by atoms with Crippen LogP contribution >= 0.6 is 22.7 Å². The van der Waals surface area contributed by atoms with Crippen LogP contribution in [-0.4, -0.2) is 9.97 Å². The molecule has 0 saturated heterocycles. The molecule has 3 rings (SSSR count). The largest absolute Gasteiger partial charge is 0.308 e. The van der Waals surface area contributed by atoms with E-state index in [1.54, 1.807) is 11.3 Å². The molecule has 0 bridgehead atoms. The van der Waals surface area contributed by atoms with E-state index in [2.05, 4.69) is 32.1 Å². The van der Waals surface area contributed by atoms with E-state index >= 15 is 0 Å². The molecule has 0 saturated carbocycles. The van der Waals surface area contributed by atoms with E-state index < -0.39 is 0 Å². The first-order chi connectivity index (χ1) is 8.83. The van der Waals surface area contributed by atoms with Gasteiger partial charge in [-0.3, -0.25) is 4.79 Å². The topological polar surface area (TPSA) is 57.8 Å². The molecular weight excluding hydrogens is 266 g/mol. The summed E-state index contributed by atoms with van der Waals surface area (Å²) >= 11 is 3.10. The Bertz CT molecular complexity index is 700. The molecule has 0 radical (unpaired) electrons. The molecule has 3 aromatic rings. The first-order valence-corrected chi connectivity index (χ1v) is 7.33. The molecule has 0 aliphatic rings. The van der Waals surface area contributed by atoms with Crippen LogP contribution in [0.3, 0.4) is 0 Å². The molecule has 18 heavy (non-hydrogen) atoms. The van der Waals surface area contributed by atoms with Crippen LogP contribution in [0.4, 0.5) is 0 Å². The van der Waals surface area contributed by atoms with Crippen molar-refractivity contribution in [1.82, 2.24) is 15.3 Å². The maximum atomic E-state index is 11.7. The zero-order valence-electron chi connectivity index (χ0n) is 9.47. The maximum absolute atomic E-state index is 11.7. The molecule has 0 aliphatic carbocycles. The second-order valence-electron chi connectivity index (χ2n) is 3.88. The van der Waals surface area contributed by atoms with Crippen LogP contribution in [0.2, 0.25) is 0 Å². The molecule has 3 aromatic heterocycles. The molecule has 92 valence electrons. The van der Waals surface area contributed by atoms with Crippen LogP contribution < -0.4 is 10.9 Å². The van der Waals surface area contributed by atoms with Crippen molar-refractivity contribution in [2.75, 3.05) is 0 Å². The lowest BCUT2D eigenvalue weighted by molar-refractivity contribution is 0.664. The predicted octanol–water partition coefficient (Wildman–Crippen LogP) is 2.34. The van der Waals surface area contributed by atoms with Crippen molar-refractivity contribution in [1.29, 1.82) is 0 Å². The summed E-state index contributed by atoms with van der Waals surface area (Å²) in [7, 11) is 0. The molecule has 2 N–H and O–H groups in total. The van der Waals surface area contributed by atoms with Crippen LogP contribution in [0, 0.1) is 0 Å². The van der Waals surface area contributed by atoms with Gasteiger partial charge in [0.25, 0.3) is 5.56 Å². The summed E-state index contributed by atoms with van der Waals surface area (Å²) in [4.78, 5) is 19.0. The second kappa shape index (κ2) is 5.01. The zero-order chi connectivity index (χ0) is 12.4. The van der Waals surface area contributed by atoms with Gasteiger partial charge < -0.3 is 10.3 Å². The molecule has 0 unspecified atom stereocenters. The minimum absolute atomic E-state index is 0.0534. The highest BCUT2D eigenvalue weighted by Crippen LogP contribution is 2.13. The lowest BCUT2D eigenvalue weighted by Crippen LogP contribution is -2.18. The van der Waals surface area contributed by atoms with Crippen LogP contribution in [-0.2, 0) is 13.1 Å². The van der Waals surface area contributed by atoms with Crippen molar-refractivity contribution < 1.29 is 0 Å². The monoisotopic (exact) mass is 277 g/mol. The molecule has 0 fully saturated rings. The van der Waals surface area contributed by atoms with E-state index in [9.17, 15) is 4.79 Å². The van der Waals surface area contributed by atoms with Gasteiger partial charge in [0, 0.05) is 6.54 Å². The molecular formula is C12H11N3OS2. The number of thiophene rings is 2. The molecule has 0 aromatic carbocycles. The average Bonchev–Trinajstić information content (AvgIpc) is 2.99. The lowest BCUT2D eigenvalue weighted by atomic mass is 10.3. The highest BCUT2D eigenvalue weighted by Gasteiger charge is 2.04. The molecule has 0 atom stereocenters. The van der Waals surface area contributed by atoms with Crippen molar-refractivity contribution in [2.24, 2.45) is 0 Å². The molecule has 0 spiro atoms. The molecule has 0 amide bonds. The summed E-state index contributed by atoms with van der Waals surface area (Å²) in [6.07, 6.45) is 0. The Morgan fingerprint density at radius 1 is 1.28 bits per heavy atom. The third-order valence-electron chi connectivity index (χ3n) is 2.57. The predicted molar refractivity (Wildman–Crippen MR) is 75.1 cm³/mol. The summed E-state index contributed by atoms with van der Waals surface area (Å²) in [5.41, 5.74) is 1.97. The van der Waals surface area contributed by atoms with Gasteiger partial charge in [0.15, 0.2) is 0 Å². The Kier molecular flexibility index (Phi) is 3.22. The summed E-state index contributed by atoms with van der Waals surface area (Å²) in [6.45, 7) is 1.35.